The van der Waals surface area contributed by atoms with Crippen molar-refractivity contribution in [3.63, 3.8) is 0 Å². The summed E-state index contributed by atoms with van der Waals surface area (Å²) in [7, 11) is 3.04. The zero-order valence-electron chi connectivity index (χ0n) is 12.8. The number of aliphatic hydroxyl groups is 1. The Kier molecular flexibility index (Phi) is 5.58. The van der Waals surface area contributed by atoms with Gasteiger partial charge in [-0.05, 0) is 29.8 Å². The number of likely N-dealkylation sites (N-methyl/N-ethyl adjacent to an activating group) is 1. The van der Waals surface area contributed by atoms with Gasteiger partial charge >= 0.3 is 0 Å². The van der Waals surface area contributed by atoms with Crippen molar-refractivity contribution < 1.29 is 19.0 Å². The Hall–Kier alpha value is -2.11. The molecule has 1 unspecified atom stereocenters. The second-order valence-corrected chi connectivity index (χ2v) is 5.48. The maximum absolute atomic E-state index is 13.8. The van der Waals surface area contributed by atoms with E-state index in [1.54, 1.807) is 31.4 Å². The number of nitrogens with zero attached hydrogens (tertiary/aromatic N) is 1. The van der Waals surface area contributed by atoms with E-state index >= 15 is 0 Å². The number of rotatable bonds is 5. The van der Waals surface area contributed by atoms with Crippen LogP contribution < -0.4 is 4.74 Å². The maximum Gasteiger partial charge on any atom is 0.258 e. The smallest absolute Gasteiger partial charge is 0.258 e. The molecule has 0 bridgehead atoms. The van der Waals surface area contributed by atoms with Crippen LogP contribution in [0.25, 0.3) is 0 Å². The third-order valence-electron chi connectivity index (χ3n) is 3.47. The number of carbonyl (C=O) groups excluding carboxylic acids is 1. The average molecular weight is 338 g/mol. The van der Waals surface area contributed by atoms with Crippen LogP contribution in [0.15, 0.2) is 42.5 Å². The molecule has 0 fully saturated rings. The lowest BCUT2D eigenvalue weighted by molar-refractivity contribution is 0.0676. The van der Waals surface area contributed by atoms with Gasteiger partial charge in [0.15, 0.2) is 0 Å². The lowest BCUT2D eigenvalue weighted by Gasteiger charge is -2.22. The molecule has 1 atom stereocenters. The molecule has 0 aliphatic carbocycles. The van der Waals surface area contributed by atoms with Crippen molar-refractivity contribution in [2.24, 2.45) is 0 Å². The summed E-state index contributed by atoms with van der Waals surface area (Å²) >= 11 is 5.89. The summed E-state index contributed by atoms with van der Waals surface area (Å²) in [5.41, 5.74) is 0.434. The number of ether oxygens (including phenoxy) is 1. The van der Waals surface area contributed by atoms with E-state index in [9.17, 15) is 14.3 Å². The van der Waals surface area contributed by atoms with Crippen LogP contribution in [0.5, 0.6) is 5.75 Å². The molecule has 0 saturated heterocycles. The molecule has 6 heteroatoms. The number of halogens is 2. The first kappa shape index (κ1) is 17.2. The summed E-state index contributed by atoms with van der Waals surface area (Å²) in [6, 6.07) is 10.9. The molecular formula is C17H17ClFNO3. The molecule has 0 heterocycles. The molecule has 122 valence electrons. The van der Waals surface area contributed by atoms with Crippen LogP contribution in [0.4, 0.5) is 4.39 Å². The molecule has 2 aromatic carbocycles. The Bertz CT molecular complexity index is 670. The SMILES string of the molecule is COc1ccc(C(O)CN(C)C(=O)c2c(F)cccc2Cl)cc1. The Morgan fingerprint density at radius 2 is 1.96 bits per heavy atom. The summed E-state index contributed by atoms with van der Waals surface area (Å²) in [6.07, 6.45) is -0.902. The molecule has 0 saturated carbocycles. The van der Waals surface area contributed by atoms with Gasteiger partial charge < -0.3 is 14.7 Å². The number of hydrogen-bond donors (Lipinski definition) is 1. The van der Waals surface area contributed by atoms with Crippen LogP contribution in [0, 0.1) is 5.82 Å². The summed E-state index contributed by atoms with van der Waals surface area (Å²) in [4.78, 5) is 13.6. The molecule has 2 rings (SSSR count). The minimum Gasteiger partial charge on any atom is -0.497 e. The van der Waals surface area contributed by atoms with Crippen LogP contribution in [-0.4, -0.2) is 36.6 Å². The highest BCUT2D eigenvalue weighted by atomic mass is 35.5. The van der Waals surface area contributed by atoms with Crippen LogP contribution in [0.3, 0.4) is 0 Å². The molecular weight excluding hydrogens is 321 g/mol. The van der Waals surface area contributed by atoms with Crippen molar-refractivity contribution >= 4 is 17.5 Å². The summed E-state index contributed by atoms with van der Waals surface area (Å²) in [6.45, 7) is 0.00975. The van der Waals surface area contributed by atoms with Crippen LogP contribution in [0.2, 0.25) is 5.02 Å². The predicted octanol–water partition coefficient (Wildman–Crippen LogP) is 3.29. The normalized spacial score (nSPS) is 11.9. The maximum atomic E-state index is 13.8. The Labute approximate surface area is 139 Å². The highest BCUT2D eigenvalue weighted by molar-refractivity contribution is 6.33. The first-order valence-corrected chi connectivity index (χ1v) is 7.33. The number of methoxy groups -OCH3 is 1. The van der Waals surface area contributed by atoms with Crippen molar-refractivity contribution in [1.82, 2.24) is 4.90 Å². The Balaban J connectivity index is 2.11. The quantitative estimate of drug-likeness (QED) is 0.910. The monoisotopic (exact) mass is 337 g/mol. The second-order valence-electron chi connectivity index (χ2n) is 5.07. The fourth-order valence-corrected chi connectivity index (χ4v) is 2.41. The minimum atomic E-state index is -0.902. The van der Waals surface area contributed by atoms with E-state index in [1.165, 1.54) is 30.1 Å². The number of benzene rings is 2. The lowest BCUT2D eigenvalue weighted by atomic mass is 10.1. The number of hydrogen-bond acceptors (Lipinski definition) is 3. The standard InChI is InChI=1S/C17H17ClFNO3/c1-20(17(22)16-13(18)4-3-5-14(16)19)10-15(21)11-6-8-12(23-2)9-7-11/h3-9,15,21H,10H2,1-2H3. The predicted molar refractivity (Wildman–Crippen MR) is 86.3 cm³/mol. The molecule has 4 nitrogen and oxygen atoms in total. The summed E-state index contributed by atoms with van der Waals surface area (Å²) in [5.74, 6) is -0.600. The highest BCUT2D eigenvalue weighted by Gasteiger charge is 2.21. The fraction of sp³-hybridized carbons (Fsp3) is 0.235. The topological polar surface area (TPSA) is 49.8 Å². The van der Waals surface area contributed by atoms with Gasteiger partial charge in [0.05, 0.1) is 30.3 Å². The molecule has 0 aliphatic rings. The van der Waals surface area contributed by atoms with Gasteiger partial charge in [0.1, 0.15) is 11.6 Å². The molecule has 1 N–H and O–H groups in total. The van der Waals surface area contributed by atoms with Gasteiger partial charge in [0.2, 0.25) is 0 Å². The van der Waals surface area contributed by atoms with E-state index in [0.29, 0.717) is 11.3 Å². The number of aliphatic hydroxyl groups excluding tert-OH is 1. The van der Waals surface area contributed by atoms with Crippen molar-refractivity contribution in [2.45, 2.75) is 6.10 Å². The number of carbonyl (C=O) groups is 1. The van der Waals surface area contributed by atoms with Gasteiger partial charge in [-0.3, -0.25) is 4.79 Å². The molecule has 2 aromatic rings. The second kappa shape index (κ2) is 7.44. The molecule has 23 heavy (non-hydrogen) atoms. The van der Waals surface area contributed by atoms with Crippen molar-refractivity contribution in [3.05, 3.63) is 64.4 Å². The molecule has 0 spiro atoms. The van der Waals surface area contributed by atoms with Gasteiger partial charge in [-0.1, -0.05) is 29.8 Å². The zero-order valence-corrected chi connectivity index (χ0v) is 13.5. The van der Waals surface area contributed by atoms with Gasteiger partial charge in [0.25, 0.3) is 5.91 Å². The lowest BCUT2D eigenvalue weighted by Crippen LogP contribution is -2.32. The fourth-order valence-electron chi connectivity index (χ4n) is 2.17. The molecule has 0 aromatic heterocycles. The minimum absolute atomic E-state index is 0.00975. The van der Waals surface area contributed by atoms with Crippen molar-refractivity contribution in [1.29, 1.82) is 0 Å². The molecule has 0 radical (unpaired) electrons. The Morgan fingerprint density at radius 3 is 2.52 bits per heavy atom. The first-order valence-electron chi connectivity index (χ1n) is 6.95. The largest absolute Gasteiger partial charge is 0.497 e. The van der Waals surface area contributed by atoms with E-state index in [4.69, 9.17) is 16.3 Å². The van der Waals surface area contributed by atoms with Crippen LogP contribution in [-0.2, 0) is 0 Å². The summed E-state index contributed by atoms with van der Waals surface area (Å²) < 4.78 is 18.8. The van der Waals surface area contributed by atoms with Crippen LogP contribution in [0.1, 0.15) is 22.0 Å². The van der Waals surface area contributed by atoms with Gasteiger partial charge in [-0.25, -0.2) is 4.39 Å². The van der Waals surface area contributed by atoms with Gasteiger partial charge in [0, 0.05) is 7.05 Å². The van der Waals surface area contributed by atoms with Crippen molar-refractivity contribution in [2.75, 3.05) is 20.7 Å². The third-order valence-corrected chi connectivity index (χ3v) is 3.79. The average Bonchev–Trinajstić information content (AvgIpc) is 2.54. The van der Waals surface area contributed by atoms with Gasteiger partial charge in [-0.15, -0.1) is 0 Å². The third kappa shape index (κ3) is 4.00. The summed E-state index contributed by atoms with van der Waals surface area (Å²) in [5, 5.41) is 10.3. The molecule has 1 amide bonds. The molecule has 0 aliphatic heterocycles. The van der Waals surface area contributed by atoms with Crippen molar-refractivity contribution in [3.8, 4) is 5.75 Å². The van der Waals surface area contributed by atoms with E-state index in [2.05, 4.69) is 0 Å². The van der Waals surface area contributed by atoms with Gasteiger partial charge in [-0.2, -0.15) is 0 Å². The number of amides is 1. The van der Waals surface area contributed by atoms with E-state index in [-0.39, 0.29) is 17.1 Å². The Morgan fingerprint density at radius 1 is 1.30 bits per heavy atom. The highest BCUT2D eigenvalue weighted by Crippen LogP contribution is 2.22. The zero-order chi connectivity index (χ0) is 17.0. The first-order chi connectivity index (χ1) is 10.9. The van der Waals surface area contributed by atoms with E-state index < -0.39 is 17.8 Å². The van der Waals surface area contributed by atoms with E-state index in [1.807, 2.05) is 0 Å². The van der Waals surface area contributed by atoms with E-state index in [0.717, 1.165) is 0 Å². The van der Waals surface area contributed by atoms with Crippen LogP contribution >= 0.6 is 11.6 Å².